The maximum atomic E-state index is 11.5. The van der Waals surface area contributed by atoms with Gasteiger partial charge in [0, 0.05) is 5.38 Å². The van der Waals surface area contributed by atoms with E-state index >= 15 is 0 Å². The average Bonchev–Trinajstić information content (AvgIpc) is 2.77. The highest BCUT2D eigenvalue weighted by atomic mass is 32.1. The lowest BCUT2D eigenvalue weighted by Gasteiger charge is -1.97. The molecule has 0 aromatic carbocycles. The molecule has 7 heteroatoms. The Hall–Kier alpha value is -1.34. The van der Waals surface area contributed by atoms with Crippen LogP contribution in [0.15, 0.2) is 10.9 Å². The zero-order chi connectivity index (χ0) is 10.7. The zero-order valence-electron chi connectivity index (χ0n) is 7.93. The summed E-state index contributed by atoms with van der Waals surface area (Å²) in [5.41, 5.74) is 2.36. The van der Waals surface area contributed by atoms with Crippen molar-refractivity contribution >= 4 is 33.7 Å². The molecule has 2 heterocycles. The lowest BCUT2D eigenvalue weighted by atomic mass is 10.3. The number of nitrogens with zero attached hydrogens (tertiary/aromatic N) is 3. The summed E-state index contributed by atoms with van der Waals surface area (Å²) in [6.07, 6.45) is 0.282. The van der Waals surface area contributed by atoms with E-state index in [1.54, 1.807) is 5.51 Å². The minimum Gasteiger partial charge on any atom is -0.300 e. The van der Waals surface area contributed by atoms with Crippen LogP contribution < -0.4 is 5.32 Å². The van der Waals surface area contributed by atoms with Gasteiger partial charge in [-0.2, -0.15) is 0 Å². The van der Waals surface area contributed by atoms with Crippen molar-refractivity contribution in [3.8, 4) is 0 Å². The first-order valence-electron chi connectivity index (χ1n) is 4.21. The second-order valence-corrected chi connectivity index (χ2v) is 4.72. The number of amides is 1. The number of hydrogen-bond acceptors (Lipinski definition) is 6. The van der Waals surface area contributed by atoms with Crippen LogP contribution in [0.25, 0.3) is 0 Å². The number of anilines is 1. The molecule has 0 spiro atoms. The smallest absolute Gasteiger partial charge is 0.232 e. The molecular weight excluding hydrogens is 232 g/mol. The SMILES string of the molecule is Cc1nc(CC(=O)Nc2nncs2)cs1. The van der Waals surface area contributed by atoms with E-state index in [0.717, 1.165) is 10.7 Å². The van der Waals surface area contributed by atoms with Gasteiger partial charge in [0.2, 0.25) is 11.0 Å². The Morgan fingerprint density at radius 1 is 1.53 bits per heavy atom. The quantitative estimate of drug-likeness (QED) is 0.882. The van der Waals surface area contributed by atoms with Crippen molar-refractivity contribution in [2.75, 3.05) is 5.32 Å². The largest absolute Gasteiger partial charge is 0.300 e. The standard InChI is InChI=1S/C8H8N4OS2/c1-5-10-6(3-14-5)2-7(13)11-8-12-9-4-15-8/h3-4H,2H2,1H3,(H,11,12,13). The van der Waals surface area contributed by atoms with Gasteiger partial charge in [0.15, 0.2) is 0 Å². The van der Waals surface area contributed by atoms with Crippen molar-refractivity contribution < 1.29 is 4.79 Å². The third-order valence-corrected chi connectivity index (χ3v) is 3.04. The molecule has 0 atom stereocenters. The molecule has 0 bridgehead atoms. The van der Waals surface area contributed by atoms with Gasteiger partial charge in [0.25, 0.3) is 0 Å². The van der Waals surface area contributed by atoms with E-state index < -0.39 is 0 Å². The van der Waals surface area contributed by atoms with Crippen LogP contribution in [0.1, 0.15) is 10.7 Å². The van der Waals surface area contributed by atoms with Gasteiger partial charge in [-0.15, -0.1) is 21.5 Å². The van der Waals surface area contributed by atoms with Gasteiger partial charge < -0.3 is 5.32 Å². The number of aryl methyl sites for hydroxylation is 1. The minimum atomic E-state index is -0.114. The Morgan fingerprint density at radius 3 is 3.00 bits per heavy atom. The second kappa shape index (κ2) is 4.45. The van der Waals surface area contributed by atoms with E-state index in [4.69, 9.17) is 0 Å². The van der Waals surface area contributed by atoms with Gasteiger partial charge in [-0.25, -0.2) is 4.98 Å². The topological polar surface area (TPSA) is 67.8 Å². The summed E-state index contributed by atoms with van der Waals surface area (Å²) in [6.45, 7) is 1.91. The molecule has 15 heavy (non-hydrogen) atoms. The van der Waals surface area contributed by atoms with Crippen LogP contribution in [0.5, 0.6) is 0 Å². The Kier molecular flexibility index (Phi) is 3.02. The highest BCUT2D eigenvalue weighted by molar-refractivity contribution is 7.13. The fourth-order valence-electron chi connectivity index (χ4n) is 1.04. The number of aromatic nitrogens is 3. The van der Waals surface area contributed by atoms with Gasteiger partial charge in [0.1, 0.15) is 5.51 Å². The highest BCUT2D eigenvalue weighted by Gasteiger charge is 2.07. The number of carbonyl (C=O) groups is 1. The Labute approximate surface area is 94.2 Å². The van der Waals surface area contributed by atoms with Gasteiger partial charge in [-0.1, -0.05) is 11.3 Å². The first-order valence-corrected chi connectivity index (χ1v) is 5.97. The molecule has 78 valence electrons. The first kappa shape index (κ1) is 10.2. The Morgan fingerprint density at radius 2 is 2.40 bits per heavy atom. The second-order valence-electron chi connectivity index (χ2n) is 2.83. The van der Waals surface area contributed by atoms with Gasteiger partial charge in [-0.3, -0.25) is 4.79 Å². The van der Waals surface area contributed by atoms with Gasteiger partial charge >= 0.3 is 0 Å². The number of nitrogens with one attached hydrogen (secondary N) is 1. The molecule has 0 unspecified atom stereocenters. The summed E-state index contributed by atoms with van der Waals surface area (Å²) in [4.78, 5) is 15.7. The van der Waals surface area contributed by atoms with Crippen molar-refractivity contribution in [1.82, 2.24) is 15.2 Å². The van der Waals surface area contributed by atoms with Crippen LogP contribution in [0.3, 0.4) is 0 Å². The average molecular weight is 240 g/mol. The molecule has 1 amide bonds. The maximum Gasteiger partial charge on any atom is 0.232 e. The monoisotopic (exact) mass is 240 g/mol. The predicted molar refractivity (Wildman–Crippen MR) is 59.1 cm³/mol. The number of rotatable bonds is 3. The van der Waals surface area contributed by atoms with Gasteiger partial charge in [0.05, 0.1) is 17.1 Å². The molecular formula is C8H8N4OS2. The third kappa shape index (κ3) is 2.80. The summed E-state index contributed by atoms with van der Waals surface area (Å²) in [6, 6.07) is 0. The van der Waals surface area contributed by atoms with E-state index in [1.165, 1.54) is 22.7 Å². The molecule has 0 fully saturated rings. The molecule has 0 aliphatic carbocycles. The van der Waals surface area contributed by atoms with E-state index in [1.807, 2.05) is 12.3 Å². The minimum absolute atomic E-state index is 0.114. The third-order valence-electron chi connectivity index (χ3n) is 1.61. The predicted octanol–water partition coefficient (Wildman–Crippen LogP) is 1.48. The summed E-state index contributed by atoms with van der Waals surface area (Å²) < 4.78 is 0. The highest BCUT2D eigenvalue weighted by Crippen LogP contribution is 2.11. The van der Waals surface area contributed by atoms with E-state index in [9.17, 15) is 4.79 Å². The molecule has 2 aromatic heterocycles. The summed E-state index contributed by atoms with van der Waals surface area (Å²) in [5, 5.41) is 13.4. The molecule has 0 aliphatic rings. The van der Waals surface area contributed by atoms with Crippen molar-refractivity contribution in [2.24, 2.45) is 0 Å². The molecule has 5 nitrogen and oxygen atoms in total. The zero-order valence-corrected chi connectivity index (χ0v) is 9.56. The van der Waals surface area contributed by atoms with E-state index in [2.05, 4.69) is 20.5 Å². The molecule has 1 N–H and O–H groups in total. The molecule has 0 saturated carbocycles. The molecule has 0 radical (unpaired) electrons. The van der Waals surface area contributed by atoms with Crippen LogP contribution in [0.4, 0.5) is 5.13 Å². The molecule has 2 aromatic rings. The Balaban J connectivity index is 1.93. The summed E-state index contributed by atoms with van der Waals surface area (Å²) in [5.74, 6) is -0.114. The number of hydrogen-bond donors (Lipinski definition) is 1. The van der Waals surface area contributed by atoms with Crippen LogP contribution >= 0.6 is 22.7 Å². The molecule has 2 rings (SSSR count). The lowest BCUT2D eigenvalue weighted by molar-refractivity contribution is -0.115. The van der Waals surface area contributed by atoms with Crippen molar-refractivity contribution in [1.29, 1.82) is 0 Å². The van der Waals surface area contributed by atoms with Crippen LogP contribution in [0, 0.1) is 6.92 Å². The number of carbonyl (C=O) groups excluding carboxylic acids is 1. The Bertz CT molecular complexity index is 451. The van der Waals surface area contributed by atoms with Gasteiger partial charge in [-0.05, 0) is 6.92 Å². The van der Waals surface area contributed by atoms with Crippen molar-refractivity contribution in [2.45, 2.75) is 13.3 Å². The molecule has 0 saturated heterocycles. The van der Waals surface area contributed by atoms with Crippen molar-refractivity contribution in [3.05, 3.63) is 21.6 Å². The van der Waals surface area contributed by atoms with Crippen LogP contribution in [-0.4, -0.2) is 21.1 Å². The van der Waals surface area contributed by atoms with Crippen LogP contribution in [0.2, 0.25) is 0 Å². The number of thiazole rings is 1. The lowest BCUT2D eigenvalue weighted by Crippen LogP contribution is -2.14. The fourth-order valence-corrected chi connectivity index (χ4v) is 2.12. The maximum absolute atomic E-state index is 11.5. The fraction of sp³-hybridized carbons (Fsp3) is 0.250. The van der Waals surface area contributed by atoms with E-state index in [-0.39, 0.29) is 12.3 Å². The summed E-state index contributed by atoms with van der Waals surface area (Å²) >= 11 is 2.83. The van der Waals surface area contributed by atoms with E-state index in [0.29, 0.717) is 5.13 Å². The first-order chi connectivity index (χ1) is 7.24. The molecule has 0 aliphatic heterocycles. The van der Waals surface area contributed by atoms with Crippen LogP contribution in [-0.2, 0) is 11.2 Å². The van der Waals surface area contributed by atoms with Crippen molar-refractivity contribution in [3.63, 3.8) is 0 Å². The normalized spacial score (nSPS) is 10.2. The summed E-state index contributed by atoms with van der Waals surface area (Å²) in [7, 11) is 0.